The summed E-state index contributed by atoms with van der Waals surface area (Å²) in [5.74, 6) is -0.643. The minimum Gasteiger partial charge on any atom is -0.463 e. The van der Waals surface area contributed by atoms with E-state index in [0.717, 1.165) is 5.56 Å². The van der Waals surface area contributed by atoms with Gasteiger partial charge in [0.15, 0.2) is 0 Å². The molecule has 1 amide bonds. The fourth-order valence-corrected chi connectivity index (χ4v) is 1.72. The number of carbonyl (C=O) groups excluding carboxylic acids is 2. The molecule has 3 N–H and O–H groups in total. The Morgan fingerprint density at radius 1 is 1.20 bits per heavy atom. The zero-order valence-corrected chi connectivity index (χ0v) is 12.1. The summed E-state index contributed by atoms with van der Waals surface area (Å²) in [4.78, 5) is 23.5. The molecule has 0 heterocycles. The molecule has 0 radical (unpaired) electrons. The van der Waals surface area contributed by atoms with Crippen molar-refractivity contribution in [2.45, 2.75) is 45.4 Å². The molecular weight excluding hydrogens is 256 g/mol. The highest BCUT2D eigenvalue weighted by Crippen LogP contribution is 2.17. The van der Waals surface area contributed by atoms with Crippen LogP contribution in [0.1, 0.15) is 38.8 Å². The van der Waals surface area contributed by atoms with Gasteiger partial charge in [-0.15, -0.1) is 0 Å². The largest absolute Gasteiger partial charge is 0.463 e. The van der Waals surface area contributed by atoms with E-state index in [0.29, 0.717) is 0 Å². The van der Waals surface area contributed by atoms with Crippen molar-refractivity contribution in [1.82, 2.24) is 5.32 Å². The summed E-state index contributed by atoms with van der Waals surface area (Å²) in [6.07, 6.45) is -0.0937. The first-order valence-corrected chi connectivity index (χ1v) is 6.70. The molecule has 110 valence electrons. The summed E-state index contributed by atoms with van der Waals surface area (Å²) in [7, 11) is 0. The molecule has 0 aliphatic carbocycles. The Balaban J connectivity index is 2.80. The molecule has 0 aliphatic heterocycles. The van der Waals surface area contributed by atoms with Crippen molar-refractivity contribution in [3.05, 3.63) is 35.9 Å². The topological polar surface area (TPSA) is 81.4 Å². The van der Waals surface area contributed by atoms with Gasteiger partial charge in [0.25, 0.3) is 0 Å². The third kappa shape index (κ3) is 5.40. The van der Waals surface area contributed by atoms with Gasteiger partial charge in [-0.2, -0.15) is 0 Å². The van der Waals surface area contributed by atoms with E-state index in [1.165, 1.54) is 0 Å². The Bertz CT molecular complexity index is 444. The molecule has 0 spiro atoms. The van der Waals surface area contributed by atoms with E-state index in [4.69, 9.17) is 10.5 Å². The molecule has 0 saturated heterocycles. The van der Waals surface area contributed by atoms with E-state index < -0.39 is 12.1 Å². The number of amides is 1. The number of nitrogens with two attached hydrogens (primary N) is 1. The first-order chi connectivity index (χ1) is 9.40. The van der Waals surface area contributed by atoms with Crippen LogP contribution in [0.3, 0.4) is 0 Å². The predicted octanol–water partition coefficient (Wildman–Crippen LogP) is 1.53. The third-order valence-corrected chi connectivity index (χ3v) is 2.67. The molecule has 0 aliphatic rings. The van der Waals surface area contributed by atoms with E-state index in [9.17, 15) is 9.59 Å². The Morgan fingerprint density at radius 3 is 2.30 bits per heavy atom. The van der Waals surface area contributed by atoms with E-state index in [1.54, 1.807) is 20.8 Å². The summed E-state index contributed by atoms with van der Waals surface area (Å²) < 4.78 is 5.12. The standard InChI is InChI=1S/C15H22N2O3/c1-10(2)20-14(18)9-13(17-15(19)11(3)16)12-7-5-4-6-8-12/h4-8,10-11,13H,9,16H2,1-3H3,(H,17,19). The summed E-state index contributed by atoms with van der Waals surface area (Å²) in [6, 6.07) is 8.25. The van der Waals surface area contributed by atoms with Crippen LogP contribution in [0.15, 0.2) is 30.3 Å². The van der Waals surface area contributed by atoms with Crippen LogP contribution in [0.4, 0.5) is 0 Å². The van der Waals surface area contributed by atoms with Gasteiger partial charge in [0.2, 0.25) is 5.91 Å². The Kier molecular flexibility index (Phi) is 6.18. The van der Waals surface area contributed by atoms with Crippen LogP contribution in [0.2, 0.25) is 0 Å². The molecular formula is C15H22N2O3. The van der Waals surface area contributed by atoms with Crippen LogP contribution in [0.25, 0.3) is 0 Å². The van der Waals surface area contributed by atoms with Crippen molar-refractivity contribution in [1.29, 1.82) is 0 Å². The molecule has 0 bridgehead atoms. The van der Waals surface area contributed by atoms with E-state index in [1.807, 2.05) is 30.3 Å². The van der Waals surface area contributed by atoms with E-state index >= 15 is 0 Å². The van der Waals surface area contributed by atoms with Gasteiger partial charge in [0.1, 0.15) is 0 Å². The zero-order valence-electron chi connectivity index (χ0n) is 12.1. The van der Waals surface area contributed by atoms with E-state index in [-0.39, 0.29) is 24.4 Å². The maximum atomic E-state index is 11.8. The Hall–Kier alpha value is -1.88. The number of nitrogens with one attached hydrogen (secondary N) is 1. The van der Waals surface area contributed by atoms with Crippen molar-refractivity contribution in [3.63, 3.8) is 0 Å². The molecule has 0 saturated carbocycles. The normalized spacial score (nSPS) is 13.7. The van der Waals surface area contributed by atoms with Gasteiger partial charge < -0.3 is 15.8 Å². The van der Waals surface area contributed by atoms with Gasteiger partial charge in [-0.05, 0) is 26.3 Å². The SMILES string of the molecule is CC(C)OC(=O)CC(NC(=O)C(C)N)c1ccccc1. The molecule has 2 unspecified atom stereocenters. The van der Waals surface area contributed by atoms with Crippen molar-refractivity contribution in [3.8, 4) is 0 Å². The number of carbonyl (C=O) groups is 2. The quantitative estimate of drug-likeness (QED) is 0.773. The maximum Gasteiger partial charge on any atom is 0.308 e. The number of benzene rings is 1. The number of rotatable bonds is 6. The fourth-order valence-electron chi connectivity index (χ4n) is 1.72. The molecule has 0 fully saturated rings. The Labute approximate surface area is 119 Å². The summed E-state index contributed by atoms with van der Waals surface area (Å²) in [6.45, 7) is 5.18. The number of ether oxygens (including phenoxy) is 1. The van der Waals surface area contributed by atoms with E-state index in [2.05, 4.69) is 5.32 Å². The van der Waals surface area contributed by atoms with Crippen molar-refractivity contribution >= 4 is 11.9 Å². The molecule has 1 aromatic carbocycles. The average molecular weight is 278 g/mol. The Morgan fingerprint density at radius 2 is 1.80 bits per heavy atom. The predicted molar refractivity (Wildman–Crippen MR) is 76.8 cm³/mol. The highest BCUT2D eigenvalue weighted by atomic mass is 16.5. The van der Waals surface area contributed by atoms with Crippen LogP contribution in [0, 0.1) is 0 Å². The van der Waals surface area contributed by atoms with Gasteiger partial charge >= 0.3 is 5.97 Å². The highest BCUT2D eigenvalue weighted by molar-refractivity contribution is 5.82. The molecule has 5 heteroatoms. The minimum atomic E-state index is -0.623. The van der Waals surface area contributed by atoms with Crippen LogP contribution < -0.4 is 11.1 Å². The molecule has 20 heavy (non-hydrogen) atoms. The lowest BCUT2D eigenvalue weighted by Gasteiger charge is -2.20. The summed E-state index contributed by atoms with van der Waals surface area (Å²) in [5.41, 5.74) is 6.39. The average Bonchev–Trinajstić information content (AvgIpc) is 2.37. The molecule has 2 atom stereocenters. The lowest BCUT2D eigenvalue weighted by Crippen LogP contribution is -2.41. The van der Waals surface area contributed by atoms with Gasteiger partial charge in [0, 0.05) is 0 Å². The second-order valence-corrected chi connectivity index (χ2v) is 5.00. The van der Waals surface area contributed by atoms with Gasteiger partial charge in [-0.25, -0.2) is 0 Å². The lowest BCUT2D eigenvalue weighted by molar-refractivity contribution is -0.148. The molecule has 0 aromatic heterocycles. The molecule has 1 rings (SSSR count). The van der Waals surface area contributed by atoms with Gasteiger partial charge in [-0.3, -0.25) is 9.59 Å². The highest BCUT2D eigenvalue weighted by Gasteiger charge is 2.21. The second-order valence-electron chi connectivity index (χ2n) is 5.00. The lowest BCUT2D eigenvalue weighted by atomic mass is 10.0. The molecule has 5 nitrogen and oxygen atoms in total. The zero-order chi connectivity index (χ0) is 15.1. The van der Waals surface area contributed by atoms with Crippen molar-refractivity contribution < 1.29 is 14.3 Å². The van der Waals surface area contributed by atoms with Gasteiger partial charge in [-0.1, -0.05) is 30.3 Å². The third-order valence-electron chi connectivity index (χ3n) is 2.67. The molecule has 1 aromatic rings. The number of hydrogen-bond donors (Lipinski definition) is 2. The second kappa shape index (κ2) is 7.65. The number of hydrogen-bond acceptors (Lipinski definition) is 4. The van der Waals surface area contributed by atoms with Crippen molar-refractivity contribution in [2.75, 3.05) is 0 Å². The first-order valence-electron chi connectivity index (χ1n) is 6.70. The maximum absolute atomic E-state index is 11.8. The van der Waals surface area contributed by atoms with Crippen LogP contribution in [0.5, 0.6) is 0 Å². The van der Waals surface area contributed by atoms with Gasteiger partial charge in [0.05, 0.1) is 24.6 Å². The first kappa shape index (κ1) is 16.2. The van der Waals surface area contributed by atoms with Crippen LogP contribution >= 0.6 is 0 Å². The number of esters is 1. The fraction of sp³-hybridized carbons (Fsp3) is 0.467. The monoisotopic (exact) mass is 278 g/mol. The smallest absolute Gasteiger partial charge is 0.308 e. The summed E-state index contributed by atoms with van der Waals surface area (Å²) >= 11 is 0. The van der Waals surface area contributed by atoms with Crippen LogP contribution in [-0.2, 0) is 14.3 Å². The minimum absolute atomic E-state index is 0.0840. The van der Waals surface area contributed by atoms with Crippen molar-refractivity contribution in [2.24, 2.45) is 5.73 Å². The summed E-state index contributed by atoms with van der Waals surface area (Å²) in [5, 5.41) is 2.77. The van der Waals surface area contributed by atoms with Crippen LogP contribution in [-0.4, -0.2) is 24.0 Å².